The fourth-order valence-electron chi connectivity index (χ4n) is 2.23. The van der Waals surface area contributed by atoms with Crippen LogP contribution in [0.2, 0.25) is 0 Å². The summed E-state index contributed by atoms with van der Waals surface area (Å²) < 4.78 is 5.43. The summed E-state index contributed by atoms with van der Waals surface area (Å²) in [5, 5.41) is 6.09. The van der Waals surface area contributed by atoms with Gasteiger partial charge in [0.1, 0.15) is 0 Å². The Hall–Kier alpha value is -2.29. The number of fused-ring (bicyclic) bond motifs is 5. The van der Waals surface area contributed by atoms with Crippen molar-refractivity contribution in [3.8, 4) is 0 Å². The van der Waals surface area contributed by atoms with Gasteiger partial charge in [0, 0.05) is 17.0 Å². The molecule has 3 nitrogen and oxygen atoms in total. The van der Waals surface area contributed by atoms with Crippen LogP contribution in [0, 0.1) is 0 Å². The molecular weight excluding hydrogens is 200 g/mol. The number of hydrogen-bond donors (Lipinski definition) is 1. The van der Waals surface area contributed by atoms with Crippen molar-refractivity contribution in [1.29, 1.82) is 0 Å². The zero-order chi connectivity index (χ0) is 10.5. The van der Waals surface area contributed by atoms with Gasteiger partial charge in [0.2, 0.25) is 0 Å². The maximum Gasteiger partial charge on any atom is 0.173 e. The van der Waals surface area contributed by atoms with Gasteiger partial charge in [-0.3, -0.25) is 0 Å². The minimum absolute atomic E-state index is 0.881. The number of H-pyrrole nitrogens is 1. The molecule has 1 N–H and O–H groups in total. The molecule has 2 heterocycles. The van der Waals surface area contributed by atoms with Crippen LogP contribution >= 0.6 is 0 Å². The monoisotopic (exact) mass is 208 g/mol. The van der Waals surface area contributed by atoms with Crippen molar-refractivity contribution < 1.29 is 4.52 Å². The Morgan fingerprint density at radius 2 is 1.94 bits per heavy atom. The van der Waals surface area contributed by atoms with Gasteiger partial charge in [0.25, 0.3) is 0 Å². The molecule has 0 fully saturated rings. The highest BCUT2D eigenvalue weighted by Gasteiger charge is 2.10. The standard InChI is InChI=1S/C13H8N2O/c1-2-4-10-9(3-1)12-11(15-10)6-5-8-7-14-16-13(8)12/h1-7,14H. The quantitative estimate of drug-likeness (QED) is 0.480. The molecule has 0 saturated heterocycles. The van der Waals surface area contributed by atoms with Gasteiger partial charge in [-0.15, -0.1) is 0 Å². The molecule has 4 aromatic rings. The van der Waals surface area contributed by atoms with Gasteiger partial charge >= 0.3 is 0 Å². The maximum absolute atomic E-state index is 5.43. The lowest BCUT2D eigenvalue weighted by molar-refractivity contribution is 0.459. The highest BCUT2D eigenvalue weighted by molar-refractivity contribution is 6.17. The van der Waals surface area contributed by atoms with Gasteiger partial charge in [-0.25, -0.2) is 10.1 Å². The molecule has 16 heavy (non-hydrogen) atoms. The summed E-state index contributed by atoms with van der Waals surface area (Å²) in [5.74, 6) is 0. The summed E-state index contributed by atoms with van der Waals surface area (Å²) in [6.07, 6.45) is 1.86. The first kappa shape index (κ1) is 7.93. The molecule has 0 radical (unpaired) electrons. The summed E-state index contributed by atoms with van der Waals surface area (Å²) >= 11 is 0. The van der Waals surface area contributed by atoms with Crippen molar-refractivity contribution in [1.82, 2.24) is 10.1 Å². The van der Waals surface area contributed by atoms with E-state index in [1.165, 1.54) is 0 Å². The van der Waals surface area contributed by atoms with E-state index in [4.69, 9.17) is 4.52 Å². The fraction of sp³-hybridized carbons (Fsp3) is 0. The smallest absolute Gasteiger partial charge is 0.173 e. The minimum Gasteiger partial charge on any atom is -0.381 e. The van der Waals surface area contributed by atoms with E-state index in [1.54, 1.807) is 0 Å². The zero-order valence-electron chi connectivity index (χ0n) is 8.40. The summed E-state index contributed by atoms with van der Waals surface area (Å²) in [5.41, 5.74) is 2.88. The van der Waals surface area contributed by atoms with Crippen molar-refractivity contribution in [3.63, 3.8) is 0 Å². The second kappa shape index (κ2) is 2.64. The Morgan fingerprint density at radius 3 is 2.94 bits per heavy atom. The predicted molar refractivity (Wildman–Crippen MR) is 63.4 cm³/mol. The largest absolute Gasteiger partial charge is 0.381 e. The lowest BCUT2D eigenvalue weighted by Crippen LogP contribution is -1.68. The molecule has 2 aromatic carbocycles. The molecule has 3 heteroatoms. The highest BCUT2D eigenvalue weighted by atomic mass is 16.5. The number of nitrogens with one attached hydrogen (secondary N) is 1. The third-order valence-electron chi connectivity index (χ3n) is 2.96. The Balaban J connectivity index is 2.42. The number of aromatic nitrogens is 2. The minimum atomic E-state index is 0.881. The number of hydrogen-bond acceptors (Lipinski definition) is 2. The first-order valence-electron chi connectivity index (χ1n) is 5.17. The molecule has 0 aliphatic heterocycles. The normalized spacial score (nSPS) is 11.8. The van der Waals surface area contributed by atoms with Crippen LogP contribution in [0.5, 0.6) is 0 Å². The van der Waals surface area contributed by atoms with Gasteiger partial charge in [0.15, 0.2) is 5.58 Å². The van der Waals surface area contributed by atoms with E-state index >= 15 is 0 Å². The van der Waals surface area contributed by atoms with E-state index in [0.29, 0.717) is 0 Å². The van der Waals surface area contributed by atoms with Crippen LogP contribution in [0.15, 0.2) is 47.1 Å². The van der Waals surface area contributed by atoms with Gasteiger partial charge < -0.3 is 4.52 Å². The second-order valence-electron chi connectivity index (χ2n) is 3.87. The first-order valence-corrected chi connectivity index (χ1v) is 5.17. The Bertz CT molecular complexity index is 810. The van der Waals surface area contributed by atoms with Crippen LogP contribution in [-0.4, -0.2) is 10.1 Å². The molecule has 2 aromatic heterocycles. The first-order chi connectivity index (χ1) is 7.93. The molecule has 0 saturated carbocycles. The molecule has 0 spiro atoms. The number of nitrogens with zero attached hydrogens (tertiary/aromatic N) is 1. The number of para-hydroxylation sites is 1. The van der Waals surface area contributed by atoms with Crippen LogP contribution in [0.4, 0.5) is 0 Å². The summed E-state index contributed by atoms with van der Waals surface area (Å²) in [7, 11) is 0. The van der Waals surface area contributed by atoms with E-state index in [9.17, 15) is 0 Å². The van der Waals surface area contributed by atoms with E-state index in [-0.39, 0.29) is 0 Å². The average molecular weight is 208 g/mol. The lowest BCUT2D eigenvalue weighted by Gasteiger charge is -1.90. The van der Waals surface area contributed by atoms with Crippen molar-refractivity contribution in [3.05, 3.63) is 42.6 Å². The third-order valence-corrected chi connectivity index (χ3v) is 2.96. The number of rotatable bonds is 0. The van der Waals surface area contributed by atoms with Crippen LogP contribution in [-0.2, 0) is 0 Å². The van der Waals surface area contributed by atoms with Crippen molar-refractivity contribution >= 4 is 32.8 Å². The SMILES string of the molecule is c1ccc2c(c1)nc1ccc3c[nH]oc3c12. The summed E-state index contributed by atoms with van der Waals surface area (Å²) in [6.45, 7) is 0. The molecular formula is C13H8N2O. The lowest BCUT2D eigenvalue weighted by atomic mass is 10.1. The molecule has 0 aliphatic carbocycles. The van der Waals surface area contributed by atoms with Crippen molar-refractivity contribution in [2.24, 2.45) is 0 Å². The highest BCUT2D eigenvalue weighted by Crippen LogP contribution is 2.31. The van der Waals surface area contributed by atoms with E-state index in [0.717, 1.165) is 32.8 Å². The molecule has 76 valence electrons. The number of benzene rings is 2. The topological polar surface area (TPSA) is 41.8 Å². The Morgan fingerprint density at radius 1 is 1.00 bits per heavy atom. The van der Waals surface area contributed by atoms with Crippen molar-refractivity contribution in [2.45, 2.75) is 0 Å². The van der Waals surface area contributed by atoms with E-state index in [2.05, 4.69) is 16.2 Å². The molecule has 0 aliphatic rings. The van der Waals surface area contributed by atoms with Gasteiger partial charge in [0.05, 0.1) is 16.4 Å². The molecule has 0 atom stereocenters. The molecule has 0 bridgehead atoms. The van der Waals surface area contributed by atoms with Gasteiger partial charge in [-0.05, 0) is 18.2 Å². The van der Waals surface area contributed by atoms with Crippen LogP contribution in [0.25, 0.3) is 32.8 Å². The van der Waals surface area contributed by atoms with E-state index in [1.807, 2.05) is 36.5 Å². The third kappa shape index (κ3) is 0.852. The van der Waals surface area contributed by atoms with E-state index < -0.39 is 0 Å². The average Bonchev–Trinajstić information content (AvgIpc) is 2.91. The predicted octanol–water partition coefficient (Wildman–Crippen LogP) is 3.46. The van der Waals surface area contributed by atoms with Gasteiger partial charge in [-0.2, -0.15) is 0 Å². The molecule has 4 rings (SSSR count). The molecule has 0 unspecified atom stereocenters. The summed E-state index contributed by atoms with van der Waals surface area (Å²) in [4.78, 5) is 4.57. The van der Waals surface area contributed by atoms with Crippen LogP contribution in [0.1, 0.15) is 0 Å². The summed E-state index contributed by atoms with van der Waals surface area (Å²) in [6, 6.07) is 12.2. The second-order valence-corrected chi connectivity index (χ2v) is 3.87. The fourth-order valence-corrected chi connectivity index (χ4v) is 2.23. The Labute approximate surface area is 90.7 Å². The van der Waals surface area contributed by atoms with Crippen molar-refractivity contribution in [2.75, 3.05) is 0 Å². The maximum atomic E-state index is 5.43. The zero-order valence-corrected chi connectivity index (χ0v) is 8.40. The Kier molecular flexibility index (Phi) is 1.31. The molecule has 0 amide bonds. The van der Waals surface area contributed by atoms with Crippen LogP contribution in [0.3, 0.4) is 0 Å². The van der Waals surface area contributed by atoms with Crippen LogP contribution < -0.4 is 0 Å². The van der Waals surface area contributed by atoms with Gasteiger partial charge in [-0.1, -0.05) is 18.2 Å². The number of aromatic amines is 1.